The average Bonchev–Trinajstić information content (AvgIpc) is 3.74. The zero-order valence-electron chi connectivity index (χ0n) is 21.7. The second kappa shape index (κ2) is 9.79. The van der Waals surface area contributed by atoms with Crippen LogP contribution in [0.3, 0.4) is 0 Å². The fraction of sp³-hybridized carbons (Fsp3) is 0.607. The Hall–Kier alpha value is -3.03. The van der Waals surface area contributed by atoms with Gasteiger partial charge in [0.05, 0.1) is 18.0 Å². The van der Waals surface area contributed by atoms with Gasteiger partial charge in [-0.3, -0.25) is 18.7 Å². The lowest BCUT2D eigenvalue weighted by atomic mass is 9.81. The lowest BCUT2D eigenvalue weighted by Crippen LogP contribution is -2.55. The number of hydrogen-bond acceptors (Lipinski definition) is 5. The van der Waals surface area contributed by atoms with E-state index in [1.807, 2.05) is 0 Å². The Morgan fingerprint density at radius 2 is 1.75 bits per heavy atom. The summed E-state index contributed by atoms with van der Waals surface area (Å²) in [4.78, 5) is 44.0. The molecule has 1 aromatic carbocycles. The van der Waals surface area contributed by atoms with Gasteiger partial charge in [0.15, 0.2) is 0 Å². The molecule has 8 nitrogen and oxygen atoms in total. The van der Waals surface area contributed by atoms with Gasteiger partial charge in [-0.25, -0.2) is 4.79 Å². The van der Waals surface area contributed by atoms with Crippen molar-refractivity contribution in [2.45, 2.75) is 58.0 Å². The molecule has 3 fully saturated rings. The fourth-order valence-electron chi connectivity index (χ4n) is 6.09. The maximum Gasteiger partial charge on any atom is 0.331 e. The number of piperazine rings is 1. The van der Waals surface area contributed by atoms with Gasteiger partial charge in [0.1, 0.15) is 5.75 Å². The lowest BCUT2D eigenvalue weighted by Gasteiger charge is -2.43. The van der Waals surface area contributed by atoms with Gasteiger partial charge < -0.3 is 14.5 Å². The van der Waals surface area contributed by atoms with Gasteiger partial charge >= 0.3 is 5.69 Å². The van der Waals surface area contributed by atoms with Crippen LogP contribution in [-0.4, -0.2) is 57.6 Å². The molecule has 3 aliphatic rings. The minimum atomic E-state index is -0.296. The zero-order chi connectivity index (χ0) is 25.6. The molecule has 1 saturated heterocycles. The van der Waals surface area contributed by atoms with E-state index in [4.69, 9.17) is 4.74 Å². The number of carbonyl (C=O) groups is 1. The van der Waals surface area contributed by atoms with Crippen molar-refractivity contribution < 1.29 is 9.53 Å². The number of allylic oxidation sites excluding steroid dienone is 1. The van der Waals surface area contributed by atoms with Crippen LogP contribution in [0.5, 0.6) is 5.75 Å². The van der Waals surface area contributed by atoms with Crippen LogP contribution in [0.15, 0.2) is 40.1 Å². The molecule has 1 amide bonds. The van der Waals surface area contributed by atoms with E-state index in [0.29, 0.717) is 29.1 Å². The highest BCUT2D eigenvalue weighted by Gasteiger charge is 2.36. The molecule has 2 saturated carbocycles. The first-order valence-electron chi connectivity index (χ1n) is 13.3. The normalized spacial score (nSPS) is 24.7. The molecule has 1 aromatic heterocycles. The molecule has 0 unspecified atom stereocenters. The van der Waals surface area contributed by atoms with E-state index in [9.17, 15) is 14.4 Å². The summed E-state index contributed by atoms with van der Waals surface area (Å²) >= 11 is 0. The van der Waals surface area contributed by atoms with Crippen molar-refractivity contribution in [1.82, 2.24) is 18.9 Å². The Morgan fingerprint density at radius 3 is 2.39 bits per heavy atom. The van der Waals surface area contributed by atoms with Gasteiger partial charge in [-0.05, 0) is 75.5 Å². The van der Waals surface area contributed by atoms with Crippen LogP contribution in [0.4, 0.5) is 0 Å². The molecule has 1 atom stereocenters. The topological polar surface area (TPSA) is 76.8 Å². The van der Waals surface area contributed by atoms with E-state index >= 15 is 0 Å². The first-order chi connectivity index (χ1) is 17.3. The zero-order valence-corrected chi connectivity index (χ0v) is 21.7. The third kappa shape index (κ3) is 4.58. The summed E-state index contributed by atoms with van der Waals surface area (Å²) in [5.41, 5.74) is 1.29. The standard InChI is InChI=1S/C28H38N4O4/c1-18-16-30(19(2)21-9-10-21)13-14-31(18)26(33)22-7-5-20(6-8-22)17-32-27(34)24-15-23(36-4)11-12-25(24)29(3)28(32)35/h11-12,15,18,20-22H,2,5-10,13-14,16-17H2,1,3-4H3/t18-,20?,22?/m1/s1. The van der Waals surface area contributed by atoms with Crippen molar-refractivity contribution in [2.75, 3.05) is 26.7 Å². The first-order valence-corrected chi connectivity index (χ1v) is 13.3. The second-order valence-corrected chi connectivity index (χ2v) is 11.0. The second-order valence-electron chi connectivity index (χ2n) is 11.0. The van der Waals surface area contributed by atoms with Crippen LogP contribution in [-0.2, 0) is 18.4 Å². The number of benzene rings is 1. The Bertz CT molecular complexity index is 1280. The molecular weight excluding hydrogens is 456 g/mol. The van der Waals surface area contributed by atoms with E-state index in [0.717, 1.165) is 45.3 Å². The summed E-state index contributed by atoms with van der Waals surface area (Å²) in [6.45, 7) is 9.33. The molecule has 194 valence electrons. The van der Waals surface area contributed by atoms with Crippen LogP contribution < -0.4 is 16.0 Å². The van der Waals surface area contributed by atoms with Crippen LogP contribution in [0, 0.1) is 17.8 Å². The molecule has 2 aromatic rings. The number of amides is 1. The SMILES string of the molecule is C=C(C1CC1)N1CCN(C(=O)C2CCC(Cn3c(=O)c4cc(OC)ccc4n(C)c3=O)CC2)[C@H](C)C1. The van der Waals surface area contributed by atoms with Gasteiger partial charge in [0.25, 0.3) is 5.56 Å². The lowest BCUT2D eigenvalue weighted by molar-refractivity contribution is -0.141. The molecule has 1 aliphatic heterocycles. The third-order valence-electron chi connectivity index (χ3n) is 8.56. The van der Waals surface area contributed by atoms with E-state index < -0.39 is 0 Å². The Kier molecular flexibility index (Phi) is 6.70. The van der Waals surface area contributed by atoms with Crippen LogP contribution in [0.1, 0.15) is 45.4 Å². The molecular formula is C28H38N4O4. The summed E-state index contributed by atoms with van der Waals surface area (Å²) in [5, 5.41) is 0.484. The van der Waals surface area contributed by atoms with Gasteiger partial charge in [-0.2, -0.15) is 0 Å². The van der Waals surface area contributed by atoms with Crippen molar-refractivity contribution in [2.24, 2.45) is 24.8 Å². The number of rotatable bonds is 6. The van der Waals surface area contributed by atoms with Gasteiger partial charge in [-0.15, -0.1) is 0 Å². The molecule has 5 rings (SSSR count). The summed E-state index contributed by atoms with van der Waals surface area (Å²) < 4.78 is 8.18. The Morgan fingerprint density at radius 1 is 1.06 bits per heavy atom. The van der Waals surface area contributed by atoms with Gasteiger partial charge in [0.2, 0.25) is 5.91 Å². The highest BCUT2D eigenvalue weighted by molar-refractivity contribution is 5.80. The molecule has 0 radical (unpaired) electrons. The van der Waals surface area contributed by atoms with Gasteiger partial charge in [-0.1, -0.05) is 6.58 Å². The summed E-state index contributed by atoms with van der Waals surface area (Å²) in [5.74, 6) is 1.75. The fourth-order valence-corrected chi connectivity index (χ4v) is 6.09. The first kappa shape index (κ1) is 24.7. The predicted molar refractivity (Wildman–Crippen MR) is 140 cm³/mol. The minimum absolute atomic E-state index is 0.0299. The number of aromatic nitrogens is 2. The van der Waals surface area contributed by atoms with Crippen molar-refractivity contribution in [3.63, 3.8) is 0 Å². The molecule has 2 aliphatic carbocycles. The number of hydrogen-bond donors (Lipinski definition) is 0. The molecule has 0 N–H and O–H groups in total. The van der Waals surface area contributed by atoms with Crippen molar-refractivity contribution in [1.29, 1.82) is 0 Å². The maximum atomic E-state index is 13.4. The quantitative estimate of drug-likeness (QED) is 0.617. The van der Waals surface area contributed by atoms with Crippen LogP contribution >= 0.6 is 0 Å². The average molecular weight is 495 g/mol. The highest BCUT2D eigenvalue weighted by atomic mass is 16.5. The molecule has 0 bridgehead atoms. The Labute approximate surface area is 212 Å². The number of methoxy groups -OCH3 is 1. The van der Waals surface area contributed by atoms with E-state index in [1.165, 1.54) is 27.7 Å². The maximum absolute atomic E-state index is 13.4. The molecule has 8 heteroatoms. The van der Waals surface area contributed by atoms with Crippen LogP contribution in [0.2, 0.25) is 0 Å². The van der Waals surface area contributed by atoms with E-state index in [1.54, 1.807) is 32.4 Å². The number of ether oxygens (including phenoxy) is 1. The largest absolute Gasteiger partial charge is 0.497 e. The van der Waals surface area contributed by atoms with Gasteiger partial charge in [0, 0.05) is 50.9 Å². The van der Waals surface area contributed by atoms with E-state index in [-0.39, 0.29) is 35.0 Å². The monoisotopic (exact) mass is 494 g/mol. The Balaban J connectivity index is 1.22. The predicted octanol–water partition coefficient (Wildman–Crippen LogP) is 2.97. The smallest absolute Gasteiger partial charge is 0.331 e. The minimum Gasteiger partial charge on any atom is -0.497 e. The molecule has 2 heterocycles. The number of aryl methyl sites for hydroxylation is 1. The number of carbonyl (C=O) groups excluding carboxylic acids is 1. The van der Waals surface area contributed by atoms with Crippen LogP contribution in [0.25, 0.3) is 10.9 Å². The number of fused-ring (bicyclic) bond motifs is 1. The number of nitrogens with zero attached hydrogens (tertiary/aromatic N) is 4. The molecule has 36 heavy (non-hydrogen) atoms. The molecule has 0 spiro atoms. The van der Waals surface area contributed by atoms with Crippen molar-refractivity contribution >= 4 is 16.8 Å². The summed E-state index contributed by atoms with van der Waals surface area (Å²) in [7, 11) is 3.26. The van der Waals surface area contributed by atoms with Crippen molar-refractivity contribution in [3.05, 3.63) is 51.3 Å². The summed E-state index contributed by atoms with van der Waals surface area (Å²) in [6, 6.07) is 5.40. The highest BCUT2D eigenvalue weighted by Crippen LogP contribution is 2.38. The summed E-state index contributed by atoms with van der Waals surface area (Å²) in [6.07, 6.45) is 5.80. The van der Waals surface area contributed by atoms with E-state index in [2.05, 4.69) is 23.3 Å². The van der Waals surface area contributed by atoms with Crippen molar-refractivity contribution in [3.8, 4) is 5.75 Å². The third-order valence-corrected chi connectivity index (χ3v) is 8.56.